The van der Waals surface area contributed by atoms with Crippen LogP contribution >= 0.6 is 0 Å². The third-order valence-electron chi connectivity index (χ3n) is 3.82. The molecule has 0 N–H and O–H groups in total. The first-order valence-corrected chi connectivity index (χ1v) is 7.54. The van der Waals surface area contributed by atoms with Crippen LogP contribution in [-0.4, -0.2) is 4.98 Å². The number of nitrogens with zero attached hydrogens (tertiary/aromatic N) is 2. The molecule has 0 aliphatic heterocycles. The lowest BCUT2D eigenvalue weighted by atomic mass is 10.1. The monoisotopic (exact) mass is 302 g/mol. The van der Waals surface area contributed by atoms with Crippen molar-refractivity contribution >= 4 is 21.8 Å². The Kier molecular flexibility index (Phi) is 4.20. The number of aromatic nitrogens is 2. The van der Waals surface area contributed by atoms with E-state index >= 15 is 0 Å². The molecule has 3 heteroatoms. The Hall–Kier alpha value is -2.94. The van der Waals surface area contributed by atoms with Gasteiger partial charge in [0, 0.05) is 28.6 Å². The molecule has 0 radical (unpaired) electrons. The summed E-state index contributed by atoms with van der Waals surface area (Å²) in [7, 11) is 0. The molecule has 23 heavy (non-hydrogen) atoms. The Morgan fingerprint density at radius 2 is 1.43 bits per heavy atom. The van der Waals surface area contributed by atoms with Crippen molar-refractivity contribution < 1.29 is 4.73 Å². The zero-order valence-electron chi connectivity index (χ0n) is 13.2. The van der Waals surface area contributed by atoms with Gasteiger partial charge < -0.3 is 5.21 Å². The molecule has 0 unspecified atom stereocenters. The topological polar surface area (TPSA) is 39.8 Å². The fourth-order valence-electron chi connectivity index (χ4n) is 2.67. The zero-order valence-corrected chi connectivity index (χ0v) is 13.2. The van der Waals surface area contributed by atoms with Gasteiger partial charge in [-0.05, 0) is 37.6 Å². The van der Waals surface area contributed by atoms with Gasteiger partial charge in [-0.3, -0.25) is 4.98 Å². The van der Waals surface area contributed by atoms with E-state index in [1.54, 1.807) is 6.07 Å². The Bertz CT molecular complexity index is 922. The second kappa shape index (κ2) is 6.44. The Labute approximate surface area is 135 Å². The summed E-state index contributed by atoms with van der Waals surface area (Å²) >= 11 is 0. The Morgan fingerprint density at radius 3 is 2.17 bits per heavy atom. The maximum atomic E-state index is 11.3. The molecule has 2 heterocycles. The smallest absolute Gasteiger partial charge is 0.226 e. The van der Waals surface area contributed by atoms with Crippen LogP contribution in [0.25, 0.3) is 21.8 Å². The Balaban J connectivity index is 0.000000136. The van der Waals surface area contributed by atoms with Crippen molar-refractivity contribution in [2.24, 2.45) is 0 Å². The van der Waals surface area contributed by atoms with Crippen molar-refractivity contribution in [2.45, 2.75) is 13.8 Å². The van der Waals surface area contributed by atoms with Gasteiger partial charge in [0.05, 0.1) is 5.52 Å². The average molecular weight is 302 g/mol. The molecule has 0 fully saturated rings. The van der Waals surface area contributed by atoms with E-state index in [2.05, 4.69) is 36.2 Å². The largest absolute Gasteiger partial charge is 0.618 e. The Morgan fingerprint density at radius 1 is 0.783 bits per heavy atom. The van der Waals surface area contributed by atoms with Crippen LogP contribution in [-0.2, 0) is 0 Å². The molecule has 0 aliphatic rings. The molecule has 4 rings (SSSR count). The zero-order chi connectivity index (χ0) is 16.2. The maximum absolute atomic E-state index is 11.3. The van der Waals surface area contributed by atoms with Crippen LogP contribution in [0.1, 0.15) is 11.1 Å². The van der Waals surface area contributed by atoms with Crippen LogP contribution in [0.15, 0.2) is 73.1 Å². The van der Waals surface area contributed by atoms with Gasteiger partial charge >= 0.3 is 0 Å². The van der Waals surface area contributed by atoms with E-state index in [0.29, 0.717) is 0 Å². The predicted octanol–water partition coefficient (Wildman–Crippen LogP) is 4.32. The van der Waals surface area contributed by atoms with Crippen molar-refractivity contribution in [3.63, 3.8) is 0 Å². The first kappa shape index (κ1) is 15.0. The van der Waals surface area contributed by atoms with E-state index in [1.807, 2.05) is 43.5 Å². The molecule has 0 amide bonds. The predicted molar refractivity (Wildman–Crippen MR) is 94.1 cm³/mol. The van der Waals surface area contributed by atoms with Crippen LogP contribution in [0.5, 0.6) is 0 Å². The van der Waals surface area contributed by atoms with Gasteiger partial charge in [0.15, 0.2) is 6.20 Å². The van der Waals surface area contributed by atoms with Crippen molar-refractivity contribution in [1.82, 2.24) is 4.98 Å². The lowest BCUT2D eigenvalue weighted by molar-refractivity contribution is -0.577. The third-order valence-corrected chi connectivity index (χ3v) is 3.82. The van der Waals surface area contributed by atoms with Crippen LogP contribution in [0.2, 0.25) is 0 Å². The summed E-state index contributed by atoms with van der Waals surface area (Å²) in [5.74, 6) is 0. The second-order valence-corrected chi connectivity index (χ2v) is 5.50. The molecule has 0 saturated carbocycles. The molecule has 4 aromatic rings. The molecule has 3 nitrogen and oxygen atoms in total. The highest BCUT2D eigenvalue weighted by Crippen LogP contribution is 2.14. The summed E-state index contributed by atoms with van der Waals surface area (Å²) in [5.41, 5.74) is 4.13. The summed E-state index contributed by atoms with van der Waals surface area (Å²) < 4.78 is 0.907. The van der Waals surface area contributed by atoms with Crippen LogP contribution in [0.3, 0.4) is 0 Å². The van der Waals surface area contributed by atoms with Crippen molar-refractivity contribution in [2.75, 3.05) is 0 Å². The molecular weight excluding hydrogens is 284 g/mol. The highest BCUT2D eigenvalue weighted by atomic mass is 16.5. The van der Waals surface area contributed by atoms with Crippen molar-refractivity contribution in [1.29, 1.82) is 0 Å². The molecule has 0 atom stereocenters. The molecule has 0 spiro atoms. The number of benzene rings is 2. The minimum Gasteiger partial charge on any atom is -0.618 e. The quantitative estimate of drug-likeness (QED) is 0.358. The molecule has 114 valence electrons. The first-order chi connectivity index (χ1) is 11.2. The lowest BCUT2D eigenvalue weighted by Gasteiger charge is -2.02. The number of pyridine rings is 2. The number of fused-ring (bicyclic) bond motifs is 2. The van der Waals surface area contributed by atoms with Crippen molar-refractivity contribution in [3.05, 3.63) is 89.4 Å². The van der Waals surface area contributed by atoms with Gasteiger partial charge in [-0.15, -0.1) is 0 Å². The lowest BCUT2D eigenvalue weighted by Crippen LogP contribution is -2.26. The van der Waals surface area contributed by atoms with E-state index in [9.17, 15) is 5.21 Å². The third kappa shape index (κ3) is 3.14. The summed E-state index contributed by atoms with van der Waals surface area (Å²) in [6, 6.07) is 19.8. The molecular formula is C20H18N2O. The number of hydrogen-bond acceptors (Lipinski definition) is 2. The van der Waals surface area contributed by atoms with E-state index in [-0.39, 0.29) is 0 Å². The summed E-state index contributed by atoms with van der Waals surface area (Å²) in [6.45, 7) is 4.02. The second-order valence-electron chi connectivity index (χ2n) is 5.50. The van der Waals surface area contributed by atoms with Crippen LogP contribution in [0.4, 0.5) is 0 Å². The first-order valence-electron chi connectivity index (χ1n) is 7.54. The fraction of sp³-hybridized carbons (Fsp3) is 0.100. The summed E-state index contributed by atoms with van der Waals surface area (Å²) in [4.78, 5) is 4.28. The SMILES string of the molecule is Cc1cccc2ccc[n+]([O-])c12.Cc1cccc2cccnc12. The maximum Gasteiger partial charge on any atom is 0.226 e. The average Bonchev–Trinajstić information content (AvgIpc) is 2.56. The fourth-order valence-corrected chi connectivity index (χ4v) is 2.67. The normalized spacial score (nSPS) is 10.3. The number of hydrogen-bond donors (Lipinski definition) is 0. The number of para-hydroxylation sites is 2. The molecule has 2 aromatic heterocycles. The van der Waals surface area contributed by atoms with Crippen molar-refractivity contribution in [3.8, 4) is 0 Å². The van der Waals surface area contributed by atoms with Gasteiger partial charge in [0.2, 0.25) is 5.52 Å². The highest BCUT2D eigenvalue weighted by molar-refractivity contribution is 5.81. The summed E-state index contributed by atoms with van der Waals surface area (Å²) in [5, 5.41) is 13.5. The van der Waals surface area contributed by atoms with E-state index in [4.69, 9.17) is 0 Å². The standard InChI is InChI=1S/C10H9NO.C10H9N/c1-8-4-2-5-9-6-3-7-11(12)10(8)9;1-8-4-2-5-9-6-3-7-11-10(8)9/h2-7H,1H3;2-7H,1H3. The highest BCUT2D eigenvalue weighted by Gasteiger charge is 2.03. The minimum absolute atomic E-state index is 0.764. The van der Waals surface area contributed by atoms with Gasteiger partial charge in [-0.1, -0.05) is 36.4 Å². The molecule has 0 aliphatic carbocycles. The molecule has 2 aromatic carbocycles. The summed E-state index contributed by atoms with van der Waals surface area (Å²) in [6.07, 6.45) is 3.35. The van der Waals surface area contributed by atoms with E-state index in [0.717, 1.165) is 26.7 Å². The van der Waals surface area contributed by atoms with E-state index < -0.39 is 0 Å². The number of rotatable bonds is 0. The van der Waals surface area contributed by atoms with Gasteiger partial charge in [0.1, 0.15) is 0 Å². The molecule has 0 saturated heterocycles. The van der Waals surface area contributed by atoms with Gasteiger partial charge in [-0.25, -0.2) is 0 Å². The minimum atomic E-state index is 0.764. The number of aryl methyl sites for hydroxylation is 2. The van der Waals surface area contributed by atoms with Gasteiger partial charge in [0.25, 0.3) is 0 Å². The van der Waals surface area contributed by atoms with Crippen LogP contribution in [0, 0.1) is 19.1 Å². The van der Waals surface area contributed by atoms with E-state index in [1.165, 1.54) is 17.1 Å². The van der Waals surface area contributed by atoms with Crippen LogP contribution < -0.4 is 4.73 Å². The van der Waals surface area contributed by atoms with Gasteiger partial charge in [-0.2, -0.15) is 4.73 Å². The molecule has 0 bridgehead atoms.